The summed E-state index contributed by atoms with van der Waals surface area (Å²) in [5.74, 6) is 0.468. The van der Waals surface area contributed by atoms with Crippen molar-refractivity contribution in [2.24, 2.45) is 0 Å². The summed E-state index contributed by atoms with van der Waals surface area (Å²) in [7, 11) is 0. The first-order chi connectivity index (χ1) is 7.95. The SMILES string of the molecule is c1ccc(CONOc2ccccn2)cc1. The molecule has 0 bridgehead atoms. The lowest BCUT2D eigenvalue weighted by Gasteiger charge is -2.05. The summed E-state index contributed by atoms with van der Waals surface area (Å²) >= 11 is 0. The van der Waals surface area contributed by atoms with Gasteiger partial charge in [0.05, 0.1) is 6.61 Å². The van der Waals surface area contributed by atoms with E-state index in [1.54, 1.807) is 12.3 Å². The third-order valence-electron chi connectivity index (χ3n) is 1.92. The molecule has 1 N–H and O–H groups in total. The maximum absolute atomic E-state index is 5.11. The summed E-state index contributed by atoms with van der Waals surface area (Å²) in [5.41, 5.74) is 3.46. The van der Waals surface area contributed by atoms with Gasteiger partial charge in [-0.05, 0) is 17.3 Å². The zero-order chi connectivity index (χ0) is 11.1. The molecule has 82 valence electrons. The van der Waals surface area contributed by atoms with Crippen molar-refractivity contribution in [3.8, 4) is 5.88 Å². The van der Waals surface area contributed by atoms with Crippen LogP contribution >= 0.6 is 0 Å². The van der Waals surface area contributed by atoms with E-state index in [0.29, 0.717) is 12.5 Å². The molecule has 0 radical (unpaired) electrons. The summed E-state index contributed by atoms with van der Waals surface area (Å²) in [5, 5.41) is 0. The highest BCUT2D eigenvalue weighted by molar-refractivity contribution is 5.13. The van der Waals surface area contributed by atoms with Gasteiger partial charge in [-0.15, -0.1) is 0 Å². The Kier molecular flexibility index (Phi) is 3.87. The number of benzene rings is 1. The number of nitrogens with zero attached hydrogens (tertiary/aromatic N) is 1. The van der Waals surface area contributed by atoms with Crippen molar-refractivity contribution in [2.45, 2.75) is 6.61 Å². The standard InChI is InChI=1S/C12H12N2O2/c1-2-6-11(7-3-1)10-15-14-16-12-8-4-5-9-13-12/h1-9,14H,10H2. The molecule has 0 unspecified atom stereocenters. The zero-order valence-electron chi connectivity index (χ0n) is 8.67. The zero-order valence-corrected chi connectivity index (χ0v) is 8.67. The molecule has 0 aliphatic heterocycles. The lowest BCUT2D eigenvalue weighted by Crippen LogP contribution is -2.19. The van der Waals surface area contributed by atoms with Gasteiger partial charge < -0.3 is 4.84 Å². The molecule has 0 aliphatic rings. The summed E-state index contributed by atoms with van der Waals surface area (Å²) in [6.45, 7) is 0.438. The van der Waals surface area contributed by atoms with Crippen molar-refractivity contribution < 1.29 is 9.68 Å². The summed E-state index contributed by atoms with van der Waals surface area (Å²) in [6.07, 6.45) is 1.65. The molecule has 2 rings (SSSR count). The fourth-order valence-corrected chi connectivity index (χ4v) is 1.17. The molecule has 4 heteroatoms. The van der Waals surface area contributed by atoms with Gasteiger partial charge >= 0.3 is 0 Å². The van der Waals surface area contributed by atoms with Crippen LogP contribution in [0.5, 0.6) is 5.88 Å². The largest absolute Gasteiger partial charge is 0.363 e. The van der Waals surface area contributed by atoms with Crippen LogP contribution in [-0.2, 0) is 11.4 Å². The molecule has 1 aromatic carbocycles. The fourth-order valence-electron chi connectivity index (χ4n) is 1.17. The van der Waals surface area contributed by atoms with Gasteiger partial charge in [0, 0.05) is 12.3 Å². The monoisotopic (exact) mass is 216 g/mol. The molecule has 0 spiro atoms. The number of pyridine rings is 1. The van der Waals surface area contributed by atoms with E-state index in [1.165, 1.54) is 0 Å². The highest BCUT2D eigenvalue weighted by Gasteiger charge is 1.93. The molecule has 0 amide bonds. The Bertz CT molecular complexity index is 364. The molecule has 1 aromatic heterocycles. The van der Waals surface area contributed by atoms with E-state index in [9.17, 15) is 0 Å². The summed E-state index contributed by atoms with van der Waals surface area (Å²) in [4.78, 5) is 14.1. The number of aromatic nitrogens is 1. The lowest BCUT2D eigenvalue weighted by atomic mass is 10.2. The van der Waals surface area contributed by atoms with E-state index in [1.807, 2.05) is 42.5 Å². The van der Waals surface area contributed by atoms with Crippen molar-refractivity contribution in [3.63, 3.8) is 0 Å². The smallest absolute Gasteiger partial charge is 0.240 e. The van der Waals surface area contributed by atoms with Crippen LogP contribution in [0.15, 0.2) is 54.7 Å². The Hall–Kier alpha value is -1.91. The number of nitrogens with one attached hydrogen (secondary N) is 1. The van der Waals surface area contributed by atoms with Gasteiger partial charge in [-0.1, -0.05) is 36.4 Å². The van der Waals surface area contributed by atoms with E-state index < -0.39 is 0 Å². The second kappa shape index (κ2) is 5.85. The van der Waals surface area contributed by atoms with Crippen LogP contribution in [0.3, 0.4) is 0 Å². The van der Waals surface area contributed by atoms with Crippen LogP contribution in [0.1, 0.15) is 5.56 Å². The predicted octanol–water partition coefficient (Wildman–Crippen LogP) is 2.10. The van der Waals surface area contributed by atoms with Crippen molar-refractivity contribution in [3.05, 3.63) is 60.3 Å². The fraction of sp³-hybridized carbons (Fsp3) is 0.0833. The van der Waals surface area contributed by atoms with Crippen molar-refractivity contribution in [2.75, 3.05) is 0 Å². The lowest BCUT2D eigenvalue weighted by molar-refractivity contribution is -0.118. The average molecular weight is 216 g/mol. The highest BCUT2D eigenvalue weighted by Crippen LogP contribution is 2.02. The molecule has 0 aliphatic carbocycles. The van der Waals surface area contributed by atoms with Gasteiger partial charge in [-0.3, -0.25) is 4.84 Å². The molecule has 0 saturated carbocycles. The minimum Gasteiger partial charge on any atom is -0.363 e. The highest BCUT2D eigenvalue weighted by atomic mass is 16.9. The van der Waals surface area contributed by atoms with Gasteiger partial charge in [-0.25, -0.2) is 4.98 Å². The Morgan fingerprint density at radius 2 is 1.81 bits per heavy atom. The topological polar surface area (TPSA) is 43.4 Å². The molecule has 0 saturated heterocycles. The van der Waals surface area contributed by atoms with Crippen LogP contribution < -0.4 is 10.5 Å². The normalized spacial score (nSPS) is 10.0. The molecule has 16 heavy (non-hydrogen) atoms. The summed E-state index contributed by atoms with van der Waals surface area (Å²) in [6, 6.07) is 15.2. The Balaban J connectivity index is 1.70. The third-order valence-corrected chi connectivity index (χ3v) is 1.92. The van der Waals surface area contributed by atoms with Crippen LogP contribution in [0.25, 0.3) is 0 Å². The second-order valence-corrected chi connectivity index (χ2v) is 3.13. The molecule has 4 nitrogen and oxygen atoms in total. The van der Waals surface area contributed by atoms with Crippen LogP contribution in [0.2, 0.25) is 0 Å². The maximum Gasteiger partial charge on any atom is 0.240 e. The summed E-state index contributed by atoms with van der Waals surface area (Å²) < 4.78 is 0. The van der Waals surface area contributed by atoms with Crippen molar-refractivity contribution >= 4 is 0 Å². The second-order valence-electron chi connectivity index (χ2n) is 3.13. The number of rotatable bonds is 5. The number of hydrogen-bond acceptors (Lipinski definition) is 4. The molecular formula is C12H12N2O2. The third kappa shape index (κ3) is 3.34. The van der Waals surface area contributed by atoms with Gasteiger partial charge in [-0.2, -0.15) is 0 Å². The molecule has 0 fully saturated rings. The maximum atomic E-state index is 5.11. The van der Waals surface area contributed by atoms with Crippen molar-refractivity contribution in [1.29, 1.82) is 0 Å². The first-order valence-electron chi connectivity index (χ1n) is 4.94. The van der Waals surface area contributed by atoms with Gasteiger partial charge in [0.2, 0.25) is 5.88 Å². The average Bonchev–Trinajstić information content (AvgIpc) is 2.37. The van der Waals surface area contributed by atoms with Crippen LogP contribution in [0, 0.1) is 0 Å². The van der Waals surface area contributed by atoms with E-state index in [0.717, 1.165) is 5.56 Å². The van der Waals surface area contributed by atoms with Gasteiger partial charge in [0.25, 0.3) is 0 Å². The first-order valence-corrected chi connectivity index (χ1v) is 4.94. The van der Waals surface area contributed by atoms with E-state index in [-0.39, 0.29) is 0 Å². The number of hydrogen-bond donors (Lipinski definition) is 1. The van der Waals surface area contributed by atoms with E-state index in [4.69, 9.17) is 9.68 Å². The van der Waals surface area contributed by atoms with Gasteiger partial charge in [0.15, 0.2) is 0 Å². The minimum atomic E-state index is 0.438. The Labute approximate surface area is 93.8 Å². The van der Waals surface area contributed by atoms with Crippen molar-refractivity contribution in [1.82, 2.24) is 10.6 Å². The van der Waals surface area contributed by atoms with Gasteiger partial charge in [0.1, 0.15) is 0 Å². The minimum absolute atomic E-state index is 0.438. The Morgan fingerprint density at radius 1 is 1.00 bits per heavy atom. The van der Waals surface area contributed by atoms with E-state index in [2.05, 4.69) is 10.6 Å². The first kappa shape index (κ1) is 10.6. The molecule has 0 atom stereocenters. The van der Waals surface area contributed by atoms with Crippen LogP contribution in [0.4, 0.5) is 0 Å². The van der Waals surface area contributed by atoms with E-state index >= 15 is 0 Å². The molecule has 2 aromatic rings. The predicted molar refractivity (Wildman–Crippen MR) is 59.2 cm³/mol. The quantitative estimate of drug-likeness (QED) is 0.614. The Morgan fingerprint density at radius 3 is 2.56 bits per heavy atom. The van der Waals surface area contributed by atoms with Crippen LogP contribution in [-0.4, -0.2) is 4.98 Å². The molecule has 1 heterocycles. The molecular weight excluding hydrogens is 204 g/mol.